The van der Waals surface area contributed by atoms with Crippen molar-refractivity contribution in [2.45, 2.75) is 38.5 Å². The van der Waals surface area contributed by atoms with Gasteiger partial charge in [-0.3, -0.25) is 9.89 Å². The van der Waals surface area contributed by atoms with Crippen molar-refractivity contribution in [2.75, 3.05) is 6.61 Å². The van der Waals surface area contributed by atoms with E-state index in [0.29, 0.717) is 23.8 Å². The summed E-state index contributed by atoms with van der Waals surface area (Å²) < 4.78 is 10.5. The van der Waals surface area contributed by atoms with Crippen LogP contribution in [-0.2, 0) is 16.0 Å². The number of ether oxygens (including phenoxy) is 2. The van der Waals surface area contributed by atoms with Crippen LogP contribution in [0.5, 0.6) is 5.88 Å². The van der Waals surface area contributed by atoms with E-state index in [9.17, 15) is 10.1 Å². The summed E-state index contributed by atoms with van der Waals surface area (Å²) in [5.74, 6) is -0.0347. The van der Waals surface area contributed by atoms with Crippen LogP contribution in [0, 0.1) is 17.2 Å². The zero-order chi connectivity index (χ0) is 17.1. The lowest BCUT2D eigenvalue weighted by Gasteiger charge is -2.30. The zero-order valence-corrected chi connectivity index (χ0v) is 13.5. The average molecular weight is 328 g/mol. The van der Waals surface area contributed by atoms with Gasteiger partial charge in [0.25, 0.3) is 0 Å². The Kier molecular flexibility index (Phi) is 4.56. The molecule has 0 aromatic carbocycles. The number of aromatic nitrogens is 2. The maximum absolute atomic E-state index is 11.9. The van der Waals surface area contributed by atoms with E-state index in [2.05, 4.69) is 28.4 Å². The van der Waals surface area contributed by atoms with E-state index >= 15 is 0 Å². The van der Waals surface area contributed by atoms with Gasteiger partial charge in [-0.2, -0.15) is 5.26 Å². The largest absolute Gasteiger partial charge is 0.466 e. The third-order valence-electron chi connectivity index (χ3n) is 4.41. The summed E-state index contributed by atoms with van der Waals surface area (Å²) in [6.45, 7) is 2.08. The molecule has 3 N–H and O–H groups in total. The van der Waals surface area contributed by atoms with Crippen molar-refractivity contribution in [1.29, 1.82) is 5.26 Å². The normalized spacial score (nSPS) is 22.5. The Morgan fingerprint density at radius 1 is 1.62 bits per heavy atom. The van der Waals surface area contributed by atoms with Gasteiger partial charge in [-0.15, -0.1) is 5.10 Å². The lowest BCUT2D eigenvalue weighted by atomic mass is 9.75. The van der Waals surface area contributed by atoms with Crippen LogP contribution in [0.3, 0.4) is 0 Å². The summed E-state index contributed by atoms with van der Waals surface area (Å²) in [6.07, 6.45) is 7.34. The molecule has 7 nitrogen and oxygen atoms in total. The van der Waals surface area contributed by atoms with Gasteiger partial charge in [0.05, 0.1) is 24.3 Å². The fraction of sp³-hybridized carbons (Fsp3) is 0.471. The number of H-pyrrole nitrogens is 1. The van der Waals surface area contributed by atoms with Gasteiger partial charge in [-0.1, -0.05) is 12.2 Å². The van der Waals surface area contributed by atoms with E-state index in [1.54, 1.807) is 6.92 Å². The molecule has 0 fully saturated rings. The van der Waals surface area contributed by atoms with Crippen LogP contribution < -0.4 is 10.5 Å². The fourth-order valence-corrected chi connectivity index (χ4v) is 3.38. The summed E-state index contributed by atoms with van der Waals surface area (Å²) in [7, 11) is 0. The minimum Gasteiger partial charge on any atom is -0.466 e. The van der Waals surface area contributed by atoms with Crippen LogP contribution in [0.2, 0.25) is 0 Å². The molecular formula is C17H20N4O3. The topological polar surface area (TPSA) is 114 Å². The quantitative estimate of drug-likeness (QED) is 0.646. The van der Waals surface area contributed by atoms with Gasteiger partial charge in [0.2, 0.25) is 11.8 Å². The first-order valence-electron chi connectivity index (χ1n) is 8.12. The summed E-state index contributed by atoms with van der Waals surface area (Å²) >= 11 is 0. The highest BCUT2D eigenvalue weighted by atomic mass is 16.5. The van der Waals surface area contributed by atoms with E-state index in [0.717, 1.165) is 24.8 Å². The zero-order valence-electron chi connectivity index (χ0n) is 13.5. The minimum absolute atomic E-state index is 0.0606. The van der Waals surface area contributed by atoms with E-state index in [-0.39, 0.29) is 30.1 Å². The molecule has 3 rings (SSSR count). The first-order valence-corrected chi connectivity index (χ1v) is 8.12. The lowest BCUT2D eigenvalue weighted by Crippen LogP contribution is -2.26. The molecule has 0 bridgehead atoms. The number of nitriles is 1. The number of esters is 1. The van der Waals surface area contributed by atoms with Crippen molar-refractivity contribution in [3.05, 3.63) is 34.9 Å². The molecule has 0 radical (unpaired) electrons. The average Bonchev–Trinajstić information content (AvgIpc) is 2.96. The molecule has 2 atom stereocenters. The Balaban J connectivity index is 2.02. The van der Waals surface area contributed by atoms with Crippen molar-refractivity contribution < 1.29 is 14.3 Å². The molecule has 0 saturated heterocycles. The molecule has 0 spiro atoms. The second kappa shape index (κ2) is 6.79. The smallest absolute Gasteiger partial charge is 0.311 e. The number of rotatable bonds is 4. The summed E-state index contributed by atoms with van der Waals surface area (Å²) in [4.78, 5) is 11.9. The summed E-state index contributed by atoms with van der Waals surface area (Å²) in [5, 5.41) is 16.5. The molecule has 0 unspecified atom stereocenters. The molecule has 1 aliphatic heterocycles. The van der Waals surface area contributed by atoms with E-state index < -0.39 is 0 Å². The first-order chi connectivity index (χ1) is 11.7. The molecule has 1 aromatic heterocycles. The fourth-order valence-electron chi connectivity index (χ4n) is 3.38. The number of carbonyl (C=O) groups is 1. The molecule has 126 valence electrons. The Morgan fingerprint density at radius 3 is 3.12 bits per heavy atom. The molecular weight excluding hydrogens is 308 g/mol. The number of hydrogen-bond donors (Lipinski definition) is 2. The van der Waals surface area contributed by atoms with Crippen LogP contribution in [0.25, 0.3) is 0 Å². The van der Waals surface area contributed by atoms with Gasteiger partial charge < -0.3 is 15.2 Å². The van der Waals surface area contributed by atoms with Crippen molar-refractivity contribution in [1.82, 2.24) is 10.2 Å². The van der Waals surface area contributed by atoms with Gasteiger partial charge in [0.15, 0.2) is 0 Å². The van der Waals surface area contributed by atoms with Gasteiger partial charge in [-0.25, -0.2) is 0 Å². The Bertz CT molecular complexity index is 742. The van der Waals surface area contributed by atoms with Crippen LogP contribution in [-0.4, -0.2) is 22.8 Å². The molecule has 2 aliphatic rings. The van der Waals surface area contributed by atoms with Crippen LogP contribution in [0.4, 0.5) is 0 Å². The number of nitrogens with zero attached hydrogens (tertiary/aromatic N) is 2. The second-order valence-electron chi connectivity index (χ2n) is 5.90. The number of nitrogens with one attached hydrogen (secondary N) is 1. The van der Waals surface area contributed by atoms with Crippen LogP contribution in [0.15, 0.2) is 23.6 Å². The van der Waals surface area contributed by atoms with Crippen molar-refractivity contribution in [3.8, 4) is 11.9 Å². The molecule has 7 heteroatoms. The number of carbonyl (C=O) groups excluding carboxylic acids is 1. The standard InChI is InChI=1S/C17H20N4O3/c1-2-23-13(22)8-12-15-14(10-6-4-3-5-7-10)11(9-18)16(19)24-17(15)21-20-12/h4,6,10,14H,2-3,5,7-8,19H2,1H3,(H,20,21)/t10-,14-/m1/s1. The highest BCUT2D eigenvalue weighted by Crippen LogP contribution is 2.45. The van der Waals surface area contributed by atoms with E-state index in [1.807, 2.05) is 0 Å². The van der Waals surface area contributed by atoms with E-state index in [4.69, 9.17) is 15.2 Å². The van der Waals surface area contributed by atoms with Crippen LogP contribution in [0.1, 0.15) is 43.4 Å². The van der Waals surface area contributed by atoms with E-state index in [1.165, 1.54) is 0 Å². The predicted molar refractivity (Wildman–Crippen MR) is 85.6 cm³/mol. The molecule has 2 heterocycles. The van der Waals surface area contributed by atoms with Gasteiger partial charge in [0.1, 0.15) is 6.07 Å². The molecule has 24 heavy (non-hydrogen) atoms. The number of hydrogen-bond acceptors (Lipinski definition) is 6. The lowest BCUT2D eigenvalue weighted by molar-refractivity contribution is -0.142. The Morgan fingerprint density at radius 2 is 2.46 bits per heavy atom. The molecule has 1 aromatic rings. The Labute approximate surface area is 140 Å². The number of aromatic amines is 1. The van der Waals surface area contributed by atoms with Crippen molar-refractivity contribution >= 4 is 5.97 Å². The summed E-state index contributed by atoms with van der Waals surface area (Å²) in [6, 6.07) is 2.18. The molecule has 0 amide bonds. The van der Waals surface area contributed by atoms with Crippen LogP contribution >= 0.6 is 0 Å². The number of allylic oxidation sites excluding steroid dienone is 3. The first kappa shape index (κ1) is 16.1. The minimum atomic E-state index is -0.345. The monoisotopic (exact) mass is 328 g/mol. The third-order valence-corrected chi connectivity index (χ3v) is 4.41. The maximum atomic E-state index is 11.9. The molecule has 0 saturated carbocycles. The van der Waals surface area contributed by atoms with Crippen molar-refractivity contribution in [3.63, 3.8) is 0 Å². The van der Waals surface area contributed by atoms with Gasteiger partial charge in [-0.05, 0) is 32.1 Å². The highest BCUT2D eigenvalue weighted by molar-refractivity contribution is 5.73. The maximum Gasteiger partial charge on any atom is 0.311 e. The highest BCUT2D eigenvalue weighted by Gasteiger charge is 2.38. The molecule has 1 aliphatic carbocycles. The SMILES string of the molecule is CCOC(=O)Cc1[nH]nc2c1[C@H]([C@@H]1C=CCCC1)C(C#N)=C(N)O2. The number of nitrogens with two attached hydrogens (primary N) is 1. The Hall–Kier alpha value is -2.75. The summed E-state index contributed by atoms with van der Waals surface area (Å²) in [5.41, 5.74) is 7.68. The van der Waals surface area contributed by atoms with Crippen molar-refractivity contribution in [2.24, 2.45) is 11.7 Å². The van der Waals surface area contributed by atoms with Gasteiger partial charge in [0, 0.05) is 11.5 Å². The third kappa shape index (κ3) is 2.87. The number of fused-ring (bicyclic) bond motifs is 1. The predicted octanol–water partition coefficient (Wildman–Crippen LogP) is 2.04. The van der Waals surface area contributed by atoms with Gasteiger partial charge >= 0.3 is 5.97 Å². The second-order valence-corrected chi connectivity index (χ2v) is 5.90.